The molecule has 82 valence electrons. The number of aryl methyl sites for hydroxylation is 1. The minimum atomic E-state index is 1.34. The van der Waals surface area contributed by atoms with E-state index >= 15 is 0 Å². The van der Waals surface area contributed by atoms with Crippen molar-refractivity contribution in [1.82, 2.24) is 0 Å². The van der Waals surface area contributed by atoms with Crippen LogP contribution >= 0.6 is 11.3 Å². The van der Waals surface area contributed by atoms with Crippen LogP contribution in [-0.4, -0.2) is 0 Å². The van der Waals surface area contributed by atoms with E-state index in [9.17, 15) is 0 Å². The molecule has 0 aliphatic rings. The molecule has 1 heterocycles. The first-order valence-electron chi connectivity index (χ1n) is 5.72. The van der Waals surface area contributed by atoms with Crippen LogP contribution in [0.25, 0.3) is 20.2 Å². The Morgan fingerprint density at radius 1 is 0.812 bits per heavy atom. The smallest absolute Gasteiger partial charge is 0.0358 e. The number of hydrogen-bond acceptors (Lipinski definition) is 1. The predicted octanol–water partition coefficient (Wildman–Crippen LogP) is 5.39. The minimum absolute atomic E-state index is 1.34. The van der Waals surface area contributed by atoms with Crippen molar-refractivity contribution in [3.05, 3.63) is 48.0 Å². The third-order valence-electron chi connectivity index (χ3n) is 2.53. The van der Waals surface area contributed by atoms with Crippen LogP contribution in [0.2, 0.25) is 0 Å². The topological polar surface area (TPSA) is 0 Å². The van der Waals surface area contributed by atoms with Crippen LogP contribution in [0.4, 0.5) is 0 Å². The number of hydrogen-bond donors (Lipinski definition) is 0. The molecule has 16 heavy (non-hydrogen) atoms. The van der Waals surface area contributed by atoms with Gasteiger partial charge in [-0.05, 0) is 24.6 Å². The van der Waals surface area contributed by atoms with Crippen LogP contribution in [0.1, 0.15) is 19.4 Å². The monoisotopic (exact) mass is 228 g/mol. The Bertz CT molecular complexity index is 605. The summed E-state index contributed by atoms with van der Waals surface area (Å²) in [5.74, 6) is 0. The van der Waals surface area contributed by atoms with E-state index in [0.717, 1.165) is 0 Å². The quantitative estimate of drug-likeness (QED) is 0.484. The molecule has 1 aromatic heterocycles. The molecule has 0 aliphatic carbocycles. The normalized spacial score (nSPS) is 10.2. The zero-order valence-corrected chi connectivity index (χ0v) is 10.8. The van der Waals surface area contributed by atoms with Gasteiger partial charge in [-0.2, -0.15) is 0 Å². The van der Waals surface area contributed by atoms with Gasteiger partial charge in [-0.15, -0.1) is 11.3 Å². The second-order valence-corrected chi connectivity index (χ2v) is 4.68. The molecule has 0 fully saturated rings. The van der Waals surface area contributed by atoms with Gasteiger partial charge in [0.05, 0.1) is 0 Å². The van der Waals surface area contributed by atoms with Crippen LogP contribution in [0.5, 0.6) is 0 Å². The summed E-state index contributed by atoms with van der Waals surface area (Å²) < 4.78 is 2.78. The first-order valence-corrected chi connectivity index (χ1v) is 6.54. The molecule has 0 nitrogen and oxygen atoms in total. The maximum atomic E-state index is 2.26. The van der Waals surface area contributed by atoms with Crippen molar-refractivity contribution in [2.75, 3.05) is 0 Å². The Hall–Kier alpha value is -1.34. The molecule has 0 saturated carbocycles. The summed E-state index contributed by atoms with van der Waals surface area (Å²) in [6.07, 6.45) is 0. The summed E-state index contributed by atoms with van der Waals surface area (Å²) >= 11 is 1.88. The molecule has 0 amide bonds. The molecule has 0 unspecified atom stereocenters. The Kier molecular flexibility index (Phi) is 3.25. The second-order valence-electron chi connectivity index (χ2n) is 3.60. The number of fused-ring (bicyclic) bond motifs is 3. The van der Waals surface area contributed by atoms with Crippen LogP contribution in [-0.2, 0) is 0 Å². The van der Waals surface area contributed by atoms with Gasteiger partial charge in [0.25, 0.3) is 0 Å². The minimum Gasteiger partial charge on any atom is -0.135 e. The van der Waals surface area contributed by atoms with E-state index in [-0.39, 0.29) is 0 Å². The number of thiophene rings is 1. The van der Waals surface area contributed by atoms with Gasteiger partial charge in [-0.25, -0.2) is 0 Å². The van der Waals surface area contributed by atoms with Crippen LogP contribution in [0.3, 0.4) is 0 Å². The van der Waals surface area contributed by atoms with Crippen molar-refractivity contribution in [3.63, 3.8) is 0 Å². The summed E-state index contributed by atoms with van der Waals surface area (Å²) in [6.45, 7) is 6.14. The van der Waals surface area contributed by atoms with Gasteiger partial charge in [0.15, 0.2) is 0 Å². The standard InChI is InChI=1S/C13H10S.C2H6/c1-9-6-7-11-10-4-2-3-5-12(10)14-13(11)8-9;1-2/h2-8H,1H3;1-2H3. The van der Waals surface area contributed by atoms with Crippen LogP contribution < -0.4 is 0 Å². The fraction of sp³-hybridized carbons (Fsp3) is 0.200. The Labute approximate surface area is 101 Å². The molecule has 3 aromatic rings. The molecule has 0 saturated heterocycles. The summed E-state index contributed by atoms with van der Waals surface area (Å²) in [5, 5.41) is 2.77. The third kappa shape index (κ3) is 1.83. The summed E-state index contributed by atoms with van der Waals surface area (Å²) in [4.78, 5) is 0. The Morgan fingerprint density at radius 3 is 2.31 bits per heavy atom. The average molecular weight is 228 g/mol. The van der Waals surface area contributed by atoms with E-state index in [1.807, 2.05) is 25.2 Å². The summed E-state index contributed by atoms with van der Waals surface area (Å²) in [6, 6.07) is 15.3. The first kappa shape index (κ1) is 11.2. The number of benzene rings is 2. The Balaban J connectivity index is 0.000000457. The number of rotatable bonds is 0. The van der Waals surface area contributed by atoms with Gasteiger partial charge in [-0.3, -0.25) is 0 Å². The lowest BCUT2D eigenvalue weighted by atomic mass is 10.1. The largest absolute Gasteiger partial charge is 0.135 e. The second kappa shape index (κ2) is 4.67. The van der Waals surface area contributed by atoms with Crippen molar-refractivity contribution in [2.45, 2.75) is 20.8 Å². The molecule has 0 radical (unpaired) electrons. The highest BCUT2D eigenvalue weighted by Gasteiger charge is 2.02. The lowest BCUT2D eigenvalue weighted by Gasteiger charge is -1.92. The van der Waals surface area contributed by atoms with E-state index in [0.29, 0.717) is 0 Å². The van der Waals surface area contributed by atoms with Crippen molar-refractivity contribution in [2.24, 2.45) is 0 Å². The van der Waals surface area contributed by atoms with E-state index in [2.05, 4.69) is 49.4 Å². The average Bonchev–Trinajstić information content (AvgIpc) is 2.68. The van der Waals surface area contributed by atoms with E-state index in [4.69, 9.17) is 0 Å². The molecule has 0 N–H and O–H groups in total. The molecule has 1 heteroatoms. The molecular weight excluding hydrogens is 212 g/mol. The van der Waals surface area contributed by atoms with Gasteiger partial charge in [0, 0.05) is 20.2 Å². The molecular formula is C15H16S. The summed E-state index contributed by atoms with van der Waals surface area (Å²) in [7, 11) is 0. The van der Waals surface area contributed by atoms with E-state index < -0.39 is 0 Å². The highest BCUT2D eigenvalue weighted by atomic mass is 32.1. The molecule has 0 bridgehead atoms. The van der Waals surface area contributed by atoms with Crippen molar-refractivity contribution in [1.29, 1.82) is 0 Å². The van der Waals surface area contributed by atoms with E-state index in [1.165, 1.54) is 25.7 Å². The van der Waals surface area contributed by atoms with Crippen LogP contribution in [0.15, 0.2) is 42.5 Å². The van der Waals surface area contributed by atoms with Crippen LogP contribution in [0, 0.1) is 6.92 Å². The molecule has 0 spiro atoms. The van der Waals surface area contributed by atoms with Crippen molar-refractivity contribution in [3.8, 4) is 0 Å². The van der Waals surface area contributed by atoms with Crippen molar-refractivity contribution >= 4 is 31.5 Å². The van der Waals surface area contributed by atoms with E-state index in [1.54, 1.807) is 0 Å². The predicted molar refractivity (Wildman–Crippen MR) is 75.4 cm³/mol. The maximum Gasteiger partial charge on any atom is 0.0358 e. The SMILES string of the molecule is CC.Cc1ccc2c(c1)sc1ccccc12. The molecule has 2 aromatic carbocycles. The third-order valence-corrected chi connectivity index (χ3v) is 3.67. The lowest BCUT2D eigenvalue weighted by Crippen LogP contribution is -1.68. The molecule has 0 aliphatic heterocycles. The fourth-order valence-corrected chi connectivity index (χ4v) is 3.04. The van der Waals surface area contributed by atoms with Gasteiger partial charge < -0.3 is 0 Å². The summed E-state index contributed by atoms with van der Waals surface area (Å²) in [5.41, 5.74) is 1.34. The highest BCUT2D eigenvalue weighted by Crippen LogP contribution is 2.33. The lowest BCUT2D eigenvalue weighted by molar-refractivity contribution is 1.50. The molecule has 3 rings (SSSR count). The van der Waals surface area contributed by atoms with Crippen molar-refractivity contribution < 1.29 is 0 Å². The first-order chi connectivity index (χ1) is 7.84. The zero-order chi connectivity index (χ0) is 11.5. The van der Waals surface area contributed by atoms with Gasteiger partial charge in [0.1, 0.15) is 0 Å². The Morgan fingerprint density at radius 2 is 1.50 bits per heavy atom. The zero-order valence-electron chi connectivity index (χ0n) is 9.95. The fourth-order valence-electron chi connectivity index (χ4n) is 1.83. The maximum absolute atomic E-state index is 2.26. The van der Waals surface area contributed by atoms with Gasteiger partial charge >= 0.3 is 0 Å². The van der Waals surface area contributed by atoms with Gasteiger partial charge in [-0.1, -0.05) is 44.2 Å². The van der Waals surface area contributed by atoms with Gasteiger partial charge in [0.2, 0.25) is 0 Å². The highest BCUT2D eigenvalue weighted by molar-refractivity contribution is 7.25. The molecule has 0 atom stereocenters.